The van der Waals surface area contributed by atoms with Crippen LogP contribution in [0.1, 0.15) is 18.1 Å². The van der Waals surface area contributed by atoms with Gasteiger partial charge in [0.2, 0.25) is 5.91 Å². The summed E-state index contributed by atoms with van der Waals surface area (Å²) in [4.78, 5) is 21.2. The lowest BCUT2D eigenvalue weighted by atomic mass is 10.1. The van der Waals surface area contributed by atoms with E-state index < -0.39 is 5.97 Å². The van der Waals surface area contributed by atoms with Crippen LogP contribution in [0.5, 0.6) is 0 Å². The molecule has 0 saturated carbocycles. The fraction of sp³-hybridized carbons (Fsp3) is 0.231. The number of carbonyl (C=O) groups excluding carboxylic acids is 1. The van der Waals surface area contributed by atoms with Crippen molar-refractivity contribution in [1.29, 1.82) is 0 Å². The first-order valence-electron chi connectivity index (χ1n) is 5.22. The van der Waals surface area contributed by atoms with Gasteiger partial charge in [-0.2, -0.15) is 0 Å². The number of carboxylic acid groups (broad SMARTS) is 1. The minimum absolute atomic E-state index is 0.113. The maximum absolute atomic E-state index is 10.6. The molecule has 0 unspecified atom stereocenters. The van der Waals surface area contributed by atoms with E-state index >= 15 is 0 Å². The van der Waals surface area contributed by atoms with Gasteiger partial charge in [-0.25, -0.2) is 0 Å². The molecule has 0 aliphatic rings. The Kier molecular flexibility index (Phi) is 5.22. The number of halogens is 1. The number of nitrogens with one attached hydrogen (secondary N) is 1. The van der Waals surface area contributed by atoms with Crippen LogP contribution in [0.2, 0.25) is 5.02 Å². The van der Waals surface area contributed by atoms with Crippen LogP contribution < -0.4 is 5.32 Å². The van der Waals surface area contributed by atoms with E-state index in [-0.39, 0.29) is 18.9 Å². The number of rotatable bonds is 3. The Morgan fingerprint density at radius 3 is 2.72 bits per heavy atom. The van der Waals surface area contributed by atoms with Crippen molar-refractivity contribution in [3.05, 3.63) is 34.3 Å². The van der Waals surface area contributed by atoms with Crippen molar-refractivity contribution in [3.63, 3.8) is 0 Å². The van der Waals surface area contributed by atoms with Crippen LogP contribution in [0.3, 0.4) is 0 Å². The van der Waals surface area contributed by atoms with Crippen LogP contribution in [-0.2, 0) is 16.0 Å². The van der Waals surface area contributed by atoms with E-state index in [9.17, 15) is 9.59 Å². The van der Waals surface area contributed by atoms with Gasteiger partial charge in [0, 0.05) is 17.5 Å². The molecule has 0 atom stereocenters. The second-order valence-electron chi connectivity index (χ2n) is 3.59. The molecule has 94 valence electrons. The van der Waals surface area contributed by atoms with Crippen molar-refractivity contribution in [2.75, 3.05) is 6.54 Å². The van der Waals surface area contributed by atoms with E-state index in [2.05, 4.69) is 17.2 Å². The number of hydrogen-bond acceptors (Lipinski definition) is 2. The number of benzene rings is 1. The number of amides is 1. The van der Waals surface area contributed by atoms with Gasteiger partial charge in [-0.1, -0.05) is 29.5 Å². The molecule has 4 nitrogen and oxygen atoms in total. The predicted octanol–water partition coefficient (Wildman–Crippen LogP) is 1.45. The average molecular weight is 266 g/mol. The number of carbonyl (C=O) groups is 2. The molecule has 0 fully saturated rings. The number of carboxylic acids is 1. The van der Waals surface area contributed by atoms with Crippen molar-refractivity contribution >= 4 is 23.5 Å². The minimum atomic E-state index is -0.929. The highest BCUT2D eigenvalue weighted by molar-refractivity contribution is 6.31. The van der Waals surface area contributed by atoms with Crippen molar-refractivity contribution in [2.45, 2.75) is 13.3 Å². The molecule has 0 aliphatic carbocycles. The molecular weight excluding hydrogens is 254 g/mol. The standard InChI is InChI=1S/C13H12ClNO3/c1-9(16)15-6-2-3-10-4-5-11(8-13(17)18)12(14)7-10/h4-5,7H,6,8H2,1H3,(H,15,16)(H,17,18). The normalized spacial score (nSPS) is 9.22. The molecule has 2 N–H and O–H groups in total. The summed E-state index contributed by atoms with van der Waals surface area (Å²) in [6.45, 7) is 1.68. The van der Waals surface area contributed by atoms with Crippen LogP contribution >= 0.6 is 11.6 Å². The van der Waals surface area contributed by atoms with Crippen LogP contribution in [0.4, 0.5) is 0 Å². The van der Waals surface area contributed by atoms with Gasteiger partial charge in [0.25, 0.3) is 0 Å². The molecule has 0 radical (unpaired) electrons. The zero-order valence-corrected chi connectivity index (χ0v) is 10.5. The van der Waals surface area contributed by atoms with Crippen molar-refractivity contribution in [1.82, 2.24) is 5.32 Å². The van der Waals surface area contributed by atoms with Gasteiger partial charge in [0.1, 0.15) is 0 Å². The molecule has 0 spiro atoms. The SMILES string of the molecule is CC(=O)NCC#Cc1ccc(CC(=O)O)c(Cl)c1. The Bertz CT molecular complexity index is 529. The van der Waals surface area contributed by atoms with Gasteiger partial charge >= 0.3 is 5.97 Å². The predicted molar refractivity (Wildman–Crippen MR) is 68.4 cm³/mol. The quantitative estimate of drug-likeness (QED) is 0.813. The Morgan fingerprint density at radius 1 is 1.44 bits per heavy atom. The first-order valence-corrected chi connectivity index (χ1v) is 5.60. The molecule has 0 bridgehead atoms. The van der Waals surface area contributed by atoms with Gasteiger partial charge in [0.05, 0.1) is 13.0 Å². The molecule has 1 amide bonds. The van der Waals surface area contributed by atoms with Crippen LogP contribution in [0.25, 0.3) is 0 Å². The zero-order chi connectivity index (χ0) is 13.5. The Morgan fingerprint density at radius 2 is 2.17 bits per heavy atom. The Labute approximate surface area is 110 Å². The van der Waals surface area contributed by atoms with Crippen molar-refractivity contribution < 1.29 is 14.7 Å². The maximum Gasteiger partial charge on any atom is 0.307 e. The number of aliphatic carboxylic acids is 1. The fourth-order valence-corrected chi connectivity index (χ4v) is 1.49. The molecule has 1 aromatic rings. The van der Waals surface area contributed by atoms with E-state index in [1.807, 2.05) is 0 Å². The molecular formula is C13H12ClNO3. The zero-order valence-electron chi connectivity index (χ0n) is 9.79. The lowest BCUT2D eigenvalue weighted by molar-refractivity contribution is -0.136. The van der Waals surface area contributed by atoms with E-state index in [1.165, 1.54) is 6.92 Å². The Hall–Kier alpha value is -1.99. The van der Waals surface area contributed by atoms with Gasteiger partial charge in [-0.3, -0.25) is 9.59 Å². The van der Waals surface area contributed by atoms with E-state index in [0.29, 0.717) is 16.1 Å². The summed E-state index contributed by atoms with van der Waals surface area (Å²) in [5, 5.41) is 11.6. The lowest BCUT2D eigenvalue weighted by Gasteiger charge is -2.01. The van der Waals surface area contributed by atoms with Crippen LogP contribution in [-0.4, -0.2) is 23.5 Å². The summed E-state index contributed by atoms with van der Waals surface area (Å²) in [6, 6.07) is 4.95. The Balaban J connectivity index is 2.72. The molecule has 0 aliphatic heterocycles. The highest BCUT2D eigenvalue weighted by Gasteiger charge is 2.05. The summed E-state index contributed by atoms with van der Waals surface area (Å²) in [5.41, 5.74) is 1.23. The number of hydrogen-bond donors (Lipinski definition) is 2. The maximum atomic E-state index is 10.6. The van der Waals surface area contributed by atoms with E-state index in [4.69, 9.17) is 16.7 Å². The van der Waals surface area contributed by atoms with Crippen molar-refractivity contribution in [3.8, 4) is 11.8 Å². The highest BCUT2D eigenvalue weighted by Crippen LogP contribution is 2.18. The molecule has 18 heavy (non-hydrogen) atoms. The van der Waals surface area contributed by atoms with Crippen LogP contribution in [0, 0.1) is 11.8 Å². The smallest absolute Gasteiger partial charge is 0.307 e. The molecule has 1 rings (SSSR count). The van der Waals surface area contributed by atoms with E-state index in [0.717, 1.165) is 0 Å². The highest BCUT2D eigenvalue weighted by atomic mass is 35.5. The van der Waals surface area contributed by atoms with Gasteiger partial charge in [-0.15, -0.1) is 0 Å². The average Bonchev–Trinajstić information content (AvgIpc) is 2.27. The summed E-state index contributed by atoms with van der Waals surface area (Å²) in [6.07, 6.45) is -0.113. The third-order valence-corrected chi connectivity index (χ3v) is 2.41. The second kappa shape index (κ2) is 6.67. The molecule has 0 saturated heterocycles. The summed E-state index contributed by atoms with van der Waals surface area (Å²) in [5.74, 6) is 4.52. The van der Waals surface area contributed by atoms with Gasteiger partial charge < -0.3 is 10.4 Å². The summed E-state index contributed by atoms with van der Waals surface area (Å²) < 4.78 is 0. The third kappa shape index (κ3) is 4.89. The second-order valence-corrected chi connectivity index (χ2v) is 4.00. The minimum Gasteiger partial charge on any atom is -0.481 e. The largest absolute Gasteiger partial charge is 0.481 e. The first-order chi connectivity index (χ1) is 8.49. The third-order valence-electron chi connectivity index (χ3n) is 2.05. The molecule has 0 heterocycles. The summed E-state index contributed by atoms with van der Waals surface area (Å²) in [7, 11) is 0. The van der Waals surface area contributed by atoms with Gasteiger partial charge in [0.15, 0.2) is 0 Å². The monoisotopic (exact) mass is 265 g/mol. The van der Waals surface area contributed by atoms with E-state index in [1.54, 1.807) is 18.2 Å². The summed E-state index contributed by atoms with van der Waals surface area (Å²) >= 11 is 5.94. The topological polar surface area (TPSA) is 66.4 Å². The first kappa shape index (κ1) is 14.1. The molecule has 0 aromatic heterocycles. The fourth-order valence-electron chi connectivity index (χ4n) is 1.25. The molecule has 5 heteroatoms. The van der Waals surface area contributed by atoms with Gasteiger partial charge in [-0.05, 0) is 17.7 Å². The van der Waals surface area contributed by atoms with Crippen LogP contribution in [0.15, 0.2) is 18.2 Å². The lowest BCUT2D eigenvalue weighted by Crippen LogP contribution is -2.19. The van der Waals surface area contributed by atoms with Crippen molar-refractivity contribution in [2.24, 2.45) is 0 Å². The molecule has 1 aromatic carbocycles.